The van der Waals surface area contributed by atoms with Crippen molar-refractivity contribution >= 4 is 28.1 Å². The highest BCUT2D eigenvalue weighted by molar-refractivity contribution is 5.95. The van der Waals surface area contributed by atoms with Crippen LogP contribution in [0.2, 0.25) is 0 Å². The largest absolute Gasteiger partial charge is 0.372 e. The Hall–Kier alpha value is -2.76. The number of azo groups is 1. The van der Waals surface area contributed by atoms with Crippen molar-refractivity contribution < 1.29 is 0 Å². The summed E-state index contributed by atoms with van der Waals surface area (Å²) in [5.74, 6) is 0. The smallest absolute Gasteiger partial charge is 0.143 e. The molecule has 0 atom stereocenters. The highest BCUT2D eigenvalue weighted by Gasteiger charge is 2.18. The summed E-state index contributed by atoms with van der Waals surface area (Å²) in [7, 11) is 0. The third-order valence-corrected chi connectivity index (χ3v) is 4.05. The van der Waals surface area contributed by atoms with Gasteiger partial charge in [-0.25, -0.2) is 4.68 Å². The minimum atomic E-state index is 0.806. The van der Waals surface area contributed by atoms with Crippen molar-refractivity contribution in [3.63, 3.8) is 0 Å². The Kier molecular flexibility index (Phi) is 2.89. The van der Waals surface area contributed by atoms with Gasteiger partial charge in [-0.2, -0.15) is 0 Å². The fourth-order valence-corrected chi connectivity index (χ4v) is 2.79. The molecule has 0 amide bonds. The Morgan fingerprint density at radius 3 is 2.36 bits per heavy atom. The SMILES string of the molecule is CCN(CC)c1ccc(-n2nnc3c4c(ccc32)N=N4)cc1. The number of aromatic nitrogens is 3. The predicted molar refractivity (Wildman–Crippen MR) is 86.6 cm³/mol. The minimum absolute atomic E-state index is 0.806. The maximum atomic E-state index is 4.27. The second-order valence-electron chi connectivity index (χ2n) is 5.19. The predicted octanol–water partition coefficient (Wildman–Crippen LogP) is 4.00. The van der Waals surface area contributed by atoms with Crippen molar-refractivity contribution in [1.29, 1.82) is 0 Å². The summed E-state index contributed by atoms with van der Waals surface area (Å²) < 4.78 is 1.84. The number of hydrogen-bond acceptors (Lipinski definition) is 5. The lowest BCUT2D eigenvalue weighted by molar-refractivity contribution is 0.822. The number of anilines is 1. The van der Waals surface area contributed by atoms with Gasteiger partial charge in [-0.3, -0.25) is 0 Å². The van der Waals surface area contributed by atoms with Gasteiger partial charge in [0.05, 0.1) is 11.2 Å². The van der Waals surface area contributed by atoms with E-state index in [-0.39, 0.29) is 0 Å². The second kappa shape index (κ2) is 4.91. The van der Waals surface area contributed by atoms with E-state index in [1.54, 1.807) is 0 Å². The molecule has 1 aliphatic heterocycles. The van der Waals surface area contributed by atoms with E-state index < -0.39 is 0 Å². The molecule has 2 heterocycles. The van der Waals surface area contributed by atoms with Gasteiger partial charge in [0, 0.05) is 18.8 Å². The van der Waals surface area contributed by atoms with Gasteiger partial charge in [0.25, 0.3) is 0 Å². The molecular formula is C16H16N6. The van der Waals surface area contributed by atoms with E-state index in [4.69, 9.17) is 0 Å². The molecule has 0 unspecified atom stereocenters. The van der Waals surface area contributed by atoms with Crippen LogP contribution < -0.4 is 4.90 Å². The molecule has 0 radical (unpaired) electrons. The summed E-state index contributed by atoms with van der Waals surface area (Å²) in [4.78, 5) is 2.31. The van der Waals surface area contributed by atoms with Crippen LogP contribution in [0.5, 0.6) is 0 Å². The molecule has 0 bridgehead atoms. The van der Waals surface area contributed by atoms with Crippen LogP contribution in [0.4, 0.5) is 17.1 Å². The molecule has 3 aromatic rings. The van der Waals surface area contributed by atoms with Gasteiger partial charge in [-0.05, 0) is 50.2 Å². The first-order valence-electron chi connectivity index (χ1n) is 7.47. The van der Waals surface area contributed by atoms with E-state index >= 15 is 0 Å². The van der Waals surface area contributed by atoms with Crippen molar-refractivity contribution in [2.24, 2.45) is 10.2 Å². The molecule has 0 fully saturated rings. The van der Waals surface area contributed by atoms with Gasteiger partial charge in [0.1, 0.15) is 16.9 Å². The number of nitrogens with zero attached hydrogens (tertiary/aromatic N) is 6. The van der Waals surface area contributed by atoms with Crippen molar-refractivity contribution in [2.75, 3.05) is 18.0 Å². The molecule has 1 aromatic heterocycles. The van der Waals surface area contributed by atoms with Crippen molar-refractivity contribution in [3.8, 4) is 5.69 Å². The van der Waals surface area contributed by atoms with Crippen molar-refractivity contribution in [2.45, 2.75) is 13.8 Å². The average molecular weight is 292 g/mol. The normalized spacial score (nSPS) is 12.3. The van der Waals surface area contributed by atoms with E-state index in [2.05, 4.69) is 63.6 Å². The third kappa shape index (κ3) is 1.80. The lowest BCUT2D eigenvalue weighted by atomic mass is 10.2. The van der Waals surface area contributed by atoms with Crippen LogP contribution in [0.15, 0.2) is 46.6 Å². The summed E-state index contributed by atoms with van der Waals surface area (Å²) in [6, 6.07) is 12.3. The summed E-state index contributed by atoms with van der Waals surface area (Å²) in [6.45, 7) is 6.32. The molecule has 0 saturated carbocycles. The van der Waals surface area contributed by atoms with Gasteiger partial charge in [0.15, 0.2) is 0 Å². The average Bonchev–Trinajstić information content (AvgIpc) is 2.92. The lowest BCUT2D eigenvalue weighted by Gasteiger charge is -2.21. The maximum Gasteiger partial charge on any atom is 0.143 e. The zero-order valence-corrected chi connectivity index (χ0v) is 12.6. The monoisotopic (exact) mass is 292 g/mol. The van der Waals surface area contributed by atoms with Crippen LogP contribution in [0, 0.1) is 0 Å². The zero-order valence-electron chi connectivity index (χ0n) is 12.6. The summed E-state index contributed by atoms with van der Waals surface area (Å²) >= 11 is 0. The first-order chi connectivity index (χ1) is 10.8. The quantitative estimate of drug-likeness (QED) is 0.571. The first-order valence-corrected chi connectivity index (χ1v) is 7.47. The van der Waals surface area contributed by atoms with E-state index in [1.807, 2.05) is 16.8 Å². The Morgan fingerprint density at radius 2 is 1.73 bits per heavy atom. The first kappa shape index (κ1) is 12.9. The van der Waals surface area contributed by atoms with Gasteiger partial charge in [-0.1, -0.05) is 5.21 Å². The van der Waals surface area contributed by atoms with Crippen LogP contribution >= 0.6 is 0 Å². The van der Waals surface area contributed by atoms with Gasteiger partial charge in [-0.15, -0.1) is 15.3 Å². The van der Waals surface area contributed by atoms with E-state index in [0.717, 1.165) is 41.2 Å². The molecule has 0 spiro atoms. The standard InChI is InChI=1S/C16H16N6/c1-3-21(4-2)11-5-7-12(8-6-11)22-14-10-9-13-15(18-17-13)16(14)19-20-22/h5-10H,3-4H2,1-2H3. The zero-order chi connectivity index (χ0) is 15.1. The lowest BCUT2D eigenvalue weighted by Crippen LogP contribution is -2.21. The van der Waals surface area contributed by atoms with Crippen molar-refractivity contribution in [1.82, 2.24) is 15.0 Å². The Balaban J connectivity index is 1.75. The van der Waals surface area contributed by atoms with Crippen LogP contribution in [0.25, 0.3) is 16.7 Å². The molecule has 110 valence electrons. The second-order valence-corrected chi connectivity index (χ2v) is 5.19. The fourth-order valence-electron chi connectivity index (χ4n) is 2.79. The van der Waals surface area contributed by atoms with Crippen LogP contribution in [0.1, 0.15) is 13.8 Å². The summed E-state index contributed by atoms with van der Waals surface area (Å²) in [5.41, 5.74) is 5.69. The number of hydrogen-bond donors (Lipinski definition) is 0. The Morgan fingerprint density at radius 1 is 0.955 bits per heavy atom. The molecule has 6 nitrogen and oxygen atoms in total. The van der Waals surface area contributed by atoms with E-state index in [9.17, 15) is 0 Å². The summed E-state index contributed by atoms with van der Waals surface area (Å²) in [6.07, 6.45) is 0. The Bertz CT molecular complexity index is 858. The molecule has 6 heteroatoms. The molecule has 0 N–H and O–H groups in total. The van der Waals surface area contributed by atoms with Crippen molar-refractivity contribution in [3.05, 3.63) is 36.4 Å². The molecule has 2 aromatic carbocycles. The topological polar surface area (TPSA) is 58.7 Å². The number of benzene rings is 2. The van der Waals surface area contributed by atoms with Crippen LogP contribution in [-0.4, -0.2) is 28.1 Å². The van der Waals surface area contributed by atoms with Gasteiger partial charge >= 0.3 is 0 Å². The highest BCUT2D eigenvalue weighted by Crippen LogP contribution is 2.42. The van der Waals surface area contributed by atoms with Crippen LogP contribution in [0.3, 0.4) is 0 Å². The maximum absolute atomic E-state index is 4.27. The number of fused-ring (bicyclic) bond motifs is 3. The fraction of sp³-hybridized carbons (Fsp3) is 0.250. The van der Waals surface area contributed by atoms with Crippen LogP contribution in [-0.2, 0) is 0 Å². The Labute approximate surface area is 128 Å². The summed E-state index contributed by atoms with van der Waals surface area (Å²) in [5, 5.41) is 16.5. The van der Waals surface area contributed by atoms with E-state index in [1.165, 1.54) is 5.69 Å². The minimum Gasteiger partial charge on any atom is -0.372 e. The molecule has 22 heavy (non-hydrogen) atoms. The molecule has 4 rings (SSSR count). The van der Waals surface area contributed by atoms with Gasteiger partial charge < -0.3 is 4.90 Å². The number of rotatable bonds is 4. The highest BCUT2D eigenvalue weighted by atomic mass is 15.4. The van der Waals surface area contributed by atoms with Gasteiger partial charge in [0.2, 0.25) is 0 Å². The molecular weight excluding hydrogens is 276 g/mol. The molecule has 1 aliphatic rings. The third-order valence-electron chi connectivity index (χ3n) is 4.05. The molecule has 0 aliphatic carbocycles. The van der Waals surface area contributed by atoms with E-state index in [0.29, 0.717) is 0 Å². The molecule has 0 saturated heterocycles.